The van der Waals surface area contributed by atoms with Crippen LogP contribution in [0, 0.1) is 0 Å². The molecule has 4 rings (SSSR count). The number of hydrogen-bond acceptors (Lipinski definition) is 4. The van der Waals surface area contributed by atoms with Crippen LogP contribution >= 0.6 is 0 Å². The van der Waals surface area contributed by atoms with E-state index < -0.39 is 5.54 Å². The summed E-state index contributed by atoms with van der Waals surface area (Å²) >= 11 is 0. The van der Waals surface area contributed by atoms with Crippen molar-refractivity contribution in [3.8, 4) is 11.5 Å². The van der Waals surface area contributed by atoms with Crippen molar-refractivity contribution >= 4 is 23.3 Å². The second-order valence-corrected chi connectivity index (χ2v) is 6.75. The van der Waals surface area contributed by atoms with E-state index in [0.717, 1.165) is 0 Å². The van der Waals surface area contributed by atoms with E-state index in [-0.39, 0.29) is 18.2 Å². The average Bonchev–Trinajstić information content (AvgIpc) is 2.70. The number of aliphatic imine (C=N–C) groups is 1. The number of rotatable bonds is 4. The van der Waals surface area contributed by atoms with Crippen molar-refractivity contribution in [3.63, 3.8) is 0 Å². The van der Waals surface area contributed by atoms with Gasteiger partial charge in [-0.25, -0.2) is 0 Å². The van der Waals surface area contributed by atoms with Crippen molar-refractivity contribution in [2.45, 2.75) is 18.9 Å². The molecular formula is C22H19N3O3. The van der Waals surface area contributed by atoms with Gasteiger partial charge in [0.15, 0.2) is 5.75 Å². The third-order valence-electron chi connectivity index (χ3n) is 4.70. The first kappa shape index (κ1) is 17.7. The molecule has 0 aromatic heterocycles. The molecule has 0 saturated heterocycles. The number of amides is 2. The van der Waals surface area contributed by atoms with Gasteiger partial charge in [0.25, 0.3) is 11.8 Å². The maximum Gasteiger partial charge on any atom is 0.251 e. The van der Waals surface area contributed by atoms with Crippen LogP contribution < -0.4 is 10.1 Å². The summed E-state index contributed by atoms with van der Waals surface area (Å²) in [7, 11) is 0. The van der Waals surface area contributed by atoms with Gasteiger partial charge in [-0.3, -0.25) is 9.59 Å². The molecule has 2 heterocycles. The van der Waals surface area contributed by atoms with Crippen LogP contribution in [0.3, 0.4) is 0 Å². The predicted molar refractivity (Wildman–Crippen MR) is 107 cm³/mol. The van der Waals surface area contributed by atoms with E-state index in [2.05, 4.69) is 10.3 Å². The zero-order valence-electron chi connectivity index (χ0n) is 15.3. The topological polar surface area (TPSA) is 71.0 Å². The van der Waals surface area contributed by atoms with E-state index in [0.29, 0.717) is 23.0 Å². The molecule has 2 aromatic rings. The number of nitrogens with one attached hydrogen (secondary N) is 1. The number of nitrogens with zero attached hydrogens (tertiary/aromatic N) is 2. The molecule has 6 nitrogen and oxygen atoms in total. The van der Waals surface area contributed by atoms with Gasteiger partial charge in [-0.2, -0.15) is 4.99 Å². The third-order valence-corrected chi connectivity index (χ3v) is 4.70. The highest BCUT2D eigenvalue weighted by atomic mass is 16.5. The van der Waals surface area contributed by atoms with Crippen molar-refractivity contribution in [2.24, 2.45) is 4.99 Å². The first-order chi connectivity index (χ1) is 13.6. The number of fused-ring (bicyclic) bond motifs is 1. The molecule has 0 spiro atoms. The Bertz CT molecular complexity index is 1010. The maximum atomic E-state index is 13.2. The summed E-state index contributed by atoms with van der Waals surface area (Å²) in [5, 5.41) is 2.92. The minimum atomic E-state index is -1.09. The van der Waals surface area contributed by atoms with E-state index in [1.54, 1.807) is 42.3 Å². The molecule has 28 heavy (non-hydrogen) atoms. The Morgan fingerprint density at radius 3 is 2.68 bits per heavy atom. The van der Waals surface area contributed by atoms with Crippen molar-refractivity contribution < 1.29 is 14.3 Å². The molecule has 2 aliphatic rings. The standard InChI is InChI=1S/C22H19N3O3/c1-22(15-20(26)24-19-13-7-8-14-25(19)22)21(27)23-17-11-5-6-12-18(17)28-16-9-3-2-4-10-16/h2-14H,15H2,1H3,(H,23,27). The molecule has 0 bridgehead atoms. The fourth-order valence-electron chi connectivity index (χ4n) is 3.21. The molecule has 140 valence electrons. The molecule has 6 heteroatoms. The van der Waals surface area contributed by atoms with E-state index in [4.69, 9.17) is 4.74 Å². The highest BCUT2D eigenvalue weighted by Gasteiger charge is 2.45. The normalized spacial score (nSPS) is 20.4. The summed E-state index contributed by atoms with van der Waals surface area (Å²) in [5.41, 5.74) is -0.555. The number of benzene rings is 2. The lowest BCUT2D eigenvalue weighted by Gasteiger charge is -2.41. The quantitative estimate of drug-likeness (QED) is 0.883. The minimum Gasteiger partial charge on any atom is -0.455 e. The Morgan fingerprint density at radius 1 is 1.11 bits per heavy atom. The molecule has 2 aliphatic heterocycles. The van der Waals surface area contributed by atoms with Crippen LogP contribution in [0.1, 0.15) is 13.3 Å². The molecule has 1 N–H and O–H groups in total. The summed E-state index contributed by atoms with van der Waals surface area (Å²) in [6.07, 6.45) is 7.07. The van der Waals surface area contributed by atoms with Crippen LogP contribution in [0.15, 0.2) is 84.0 Å². The summed E-state index contributed by atoms with van der Waals surface area (Å²) in [6.45, 7) is 1.74. The van der Waals surface area contributed by atoms with E-state index in [1.165, 1.54) is 0 Å². The molecule has 1 atom stereocenters. The van der Waals surface area contributed by atoms with Crippen LogP contribution in [0.25, 0.3) is 0 Å². The number of carbonyl (C=O) groups excluding carboxylic acids is 2. The lowest BCUT2D eigenvalue weighted by Crippen LogP contribution is -2.58. The molecular weight excluding hydrogens is 354 g/mol. The fourth-order valence-corrected chi connectivity index (χ4v) is 3.21. The number of allylic oxidation sites excluding steroid dienone is 2. The van der Waals surface area contributed by atoms with Gasteiger partial charge in [-0.15, -0.1) is 0 Å². The van der Waals surface area contributed by atoms with Gasteiger partial charge < -0.3 is 15.0 Å². The van der Waals surface area contributed by atoms with E-state index in [9.17, 15) is 9.59 Å². The van der Waals surface area contributed by atoms with Gasteiger partial charge in [0, 0.05) is 6.20 Å². The highest BCUT2D eigenvalue weighted by Crippen LogP contribution is 2.33. The van der Waals surface area contributed by atoms with Gasteiger partial charge in [0.05, 0.1) is 12.1 Å². The summed E-state index contributed by atoms with van der Waals surface area (Å²) < 4.78 is 5.91. The SMILES string of the molecule is CC1(C(=O)Nc2ccccc2Oc2ccccc2)CC(=O)N=C2C=CC=CN21. The number of anilines is 1. The Kier molecular flexibility index (Phi) is 4.53. The summed E-state index contributed by atoms with van der Waals surface area (Å²) in [6, 6.07) is 16.5. The largest absolute Gasteiger partial charge is 0.455 e. The lowest BCUT2D eigenvalue weighted by molar-refractivity contribution is -0.130. The lowest BCUT2D eigenvalue weighted by atomic mass is 9.91. The van der Waals surface area contributed by atoms with Crippen LogP contribution in [0.4, 0.5) is 5.69 Å². The molecule has 0 aliphatic carbocycles. The minimum absolute atomic E-state index is 0.0117. The first-order valence-corrected chi connectivity index (χ1v) is 8.95. The van der Waals surface area contributed by atoms with Crippen molar-refractivity contribution in [2.75, 3.05) is 5.32 Å². The van der Waals surface area contributed by atoms with E-state index in [1.807, 2.05) is 48.5 Å². The fraction of sp³-hybridized carbons (Fsp3) is 0.136. The molecule has 2 aromatic carbocycles. The Labute approximate surface area is 162 Å². The zero-order valence-corrected chi connectivity index (χ0v) is 15.3. The van der Waals surface area contributed by atoms with Gasteiger partial charge in [-0.05, 0) is 43.3 Å². The molecule has 0 saturated carbocycles. The number of hydrogen-bond donors (Lipinski definition) is 1. The van der Waals surface area contributed by atoms with Gasteiger partial charge in [-0.1, -0.05) is 36.4 Å². The second kappa shape index (κ2) is 7.15. The van der Waals surface area contributed by atoms with Crippen LogP contribution in [0.5, 0.6) is 11.5 Å². The van der Waals surface area contributed by atoms with Crippen LogP contribution in [-0.4, -0.2) is 28.1 Å². The Hall–Kier alpha value is -3.67. The van der Waals surface area contributed by atoms with Gasteiger partial charge in [0.2, 0.25) is 0 Å². The molecule has 0 radical (unpaired) electrons. The first-order valence-electron chi connectivity index (χ1n) is 8.95. The Balaban J connectivity index is 1.60. The average molecular weight is 373 g/mol. The zero-order chi connectivity index (χ0) is 19.6. The van der Waals surface area contributed by atoms with Crippen molar-refractivity contribution in [3.05, 3.63) is 79.0 Å². The summed E-state index contributed by atoms with van der Waals surface area (Å²) in [5.74, 6) is 1.03. The van der Waals surface area contributed by atoms with Gasteiger partial charge >= 0.3 is 0 Å². The van der Waals surface area contributed by atoms with Crippen molar-refractivity contribution in [1.82, 2.24) is 4.90 Å². The monoisotopic (exact) mass is 373 g/mol. The number of carbonyl (C=O) groups is 2. The maximum absolute atomic E-state index is 13.2. The Morgan fingerprint density at radius 2 is 1.86 bits per heavy atom. The number of para-hydroxylation sites is 3. The molecule has 0 fully saturated rings. The molecule has 2 amide bonds. The molecule has 1 unspecified atom stereocenters. The number of ether oxygens (including phenoxy) is 1. The van der Waals surface area contributed by atoms with E-state index >= 15 is 0 Å². The summed E-state index contributed by atoms with van der Waals surface area (Å²) in [4.78, 5) is 31.1. The van der Waals surface area contributed by atoms with Crippen LogP contribution in [0.2, 0.25) is 0 Å². The van der Waals surface area contributed by atoms with Crippen molar-refractivity contribution in [1.29, 1.82) is 0 Å². The number of amidine groups is 1. The highest BCUT2D eigenvalue weighted by molar-refractivity contribution is 6.12. The van der Waals surface area contributed by atoms with Crippen LogP contribution in [-0.2, 0) is 9.59 Å². The smallest absolute Gasteiger partial charge is 0.251 e. The van der Waals surface area contributed by atoms with Gasteiger partial charge in [0.1, 0.15) is 17.1 Å². The predicted octanol–water partition coefficient (Wildman–Crippen LogP) is 3.89. The second-order valence-electron chi connectivity index (χ2n) is 6.75. The third kappa shape index (κ3) is 3.32.